The first-order chi connectivity index (χ1) is 17.2. The third kappa shape index (κ3) is 8.10. The third-order valence-corrected chi connectivity index (χ3v) is 8.25. The van der Waals surface area contributed by atoms with E-state index in [-0.39, 0.29) is 17.3 Å². The zero-order valence-corrected chi connectivity index (χ0v) is 21.7. The van der Waals surface area contributed by atoms with Gasteiger partial charge >= 0.3 is 11.9 Å². The van der Waals surface area contributed by atoms with Crippen molar-refractivity contribution >= 4 is 23.2 Å². The number of benzene rings is 1. The summed E-state index contributed by atoms with van der Waals surface area (Å²) in [6, 6.07) is 13.0. The molecule has 1 saturated heterocycles. The van der Waals surface area contributed by atoms with Gasteiger partial charge in [-0.2, -0.15) is 8.78 Å². The summed E-state index contributed by atoms with van der Waals surface area (Å²) in [7, 11) is 0. The molecule has 198 valence electrons. The molecule has 0 spiro atoms. The van der Waals surface area contributed by atoms with E-state index in [4.69, 9.17) is 5.11 Å². The number of aromatic carboxylic acids is 1. The van der Waals surface area contributed by atoms with Crippen molar-refractivity contribution in [1.82, 2.24) is 4.90 Å². The molecule has 1 aromatic carbocycles. The number of aliphatic hydroxyl groups is 1. The Bertz CT molecular complexity index is 981. The number of halogens is 2. The van der Waals surface area contributed by atoms with Gasteiger partial charge in [-0.1, -0.05) is 50.1 Å². The first-order valence-corrected chi connectivity index (χ1v) is 13.7. The number of carboxylic acids is 1. The highest BCUT2D eigenvalue weighted by atomic mass is 32.1. The number of amides is 1. The Morgan fingerprint density at radius 1 is 1.08 bits per heavy atom. The van der Waals surface area contributed by atoms with Gasteiger partial charge in [0.05, 0.1) is 6.10 Å². The molecule has 2 heterocycles. The number of alkyl halides is 2. The number of hydrogen-bond donors (Lipinski definition) is 2. The van der Waals surface area contributed by atoms with Crippen LogP contribution in [-0.4, -0.2) is 51.6 Å². The minimum absolute atomic E-state index is 0.0787. The van der Waals surface area contributed by atoms with E-state index in [1.807, 2.05) is 25.1 Å². The van der Waals surface area contributed by atoms with Crippen LogP contribution in [0.3, 0.4) is 0 Å². The number of carbonyl (C=O) groups is 2. The Labute approximate surface area is 216 Å². The summed E-state index contributed by atoms with van der Waals surface area (Å²) in [5.74, 6) is -5.40. The molecule has 1 fully saturated rings. The van der Waals surface area contributed by atoms with E-state index in [9.17, 15) is 23.5 Å². The number of likely N-dealkylation sites (tertiary alicyclic amines) is 1. The predicted molar refractivity (Wildman–Crippen MR) is 138 cm³/mol. The lowest BCUT2D eigenvalue weighted by atomic mass is 9.92. The third-order valence-electron chi connectivity index (χ3n) is 7.12. The molecule has 5 nitrogen and oxygen atoms in total. The molecule has 3 atom stereocenters. The highest BCUT2D eigenvalue weighted by Crippen LogP contribution is 2.36. The van der Waals surface area contributed by atoms with Crippen molar-refractivity contribution in [1.29, 1.82) is 0 Å². The number of rotatable bonds is 15. The standard InChI is InChI=1S/C28H37F2NO4S/c1-20(9-4-2-5-10-21-11-6-3-7-12-21)24(32)16-14-22-19-28(29,30)27(35)31(22)18-8-13-23-15-17-25(36-23)26(33)34/h3,6-7,11-12,15,17,20,22,24,32H,2,4-5,8-10,13-14,16,18-19H2,1H3,(H,33,34)/t20-,22?,24-/m1/s1. The van der Waals surface area contributed by atoms with Crippen molar-refractivity contribution in [2.45, 2.75) is 89.2 Å². The van der Waals surface area contributed by atoms with Crippen LogP contribution >= 0.6 is 11.3 Å². The SMILES string of the molecule is C[C@H](CCCCCc1ccccc1)[C@H](O)CCC1CC(F)(F)C(=O)N1CCCc1ccc(C(=O)O)s1. The van der Waals surface area contributed by atoms with E-state index in [1.165, 1.54) is 27.9 Å². The molecule has 0 aliphatic carbocycles. The predicted octanol–water partition coefficient (Wildman–Crippen LogP) is 6.20. The van der Waals surface area contributed by atoms with E-state index in [1.54, 1.807) is 6.07 Å². The van der Waals surface area contributed by atoms with E-state index < -0.39 is 36.4 Å². The maximum absolute atomic E-state index is 14.2. The molecule has 2 aromatic rings. The molecular formula is C28H37F2NO4S. The topological polar surface area (TPSA) is 77.8 Å². The van der Waals surface area contributed by atoms with Crippen molar-refractivity contribution in [2.24, 2.45) is 5.92 Å². The smallest absolute Gasteiger partial charge is 0.345 e. The molecule has 2 N–H and O–H groups in total. The maximum Gasteiger partial charge on any atom is 0.345 e. The van der Waals surface area contributed by atoms with Gasteiger partial charge in [0.15, 0.2) is 0 Å². The van der Waals surface area contributed by atoms with Gasteiger partial charge in [0, 0.05) is 23.9 Å². The molecule has 1 unspecified atom stereocenters. The number of thiophene rings is 1. The first-order valence-electron chi connectivity index (χ1n) is 12.9. The zero-order valence-electron chi connectivity index (χ0n) is 20.9. The fraction of sp³-hybridized carbons (Fsp3) is 0.571. The monoisotopic (exact) mass is 521 g/mol. The van der Waals surface area contributed by atoms with Crippen molar-refractivity contribution in [3.8, 4) is 0 Å². The van der Waals surface area contributed by atoms with Crippen LogP contribution in [0.5, 0.6) is 0 Å². The summed E-state index contributed by atoms with van der Waals surface area (Å²) in [6.45, 7) is 2.20. The highest BCUT2D eigenvalue weighted by Gasteiger charge is 2.52. The van der Waals surface area contributed by atoms with Gasteiger partial charge in [-0.25, -0.2) is 4.79 Å². The van der Waals surface area contributed by atoms with Crippen molar-refractivity contribution in [3.05, 3.63) is 57.8 Å². The number of hydrogen-bond acceptors (Lipinski definition) is 4. The molecule has 1 aromatic heterocycles. The van der Waals surface area contributed by atoms with Crippen LogP contribution in [0, 0.1) is 5.92 Å². The highest BCUT2D eigenvalue weighted by molar-refractivity contribution is 7.13. The Morgan fingerprint density at radius 3 is 2.53 bits per heavy atom. The largest absolute Gasteiger partial charge is 0.477 e. The molecule has 0 radical (unpaired) electrons. The van der Waals surface area contributed by atoms with Crippen molar-refractivity contribution in [3.63, 3.8) is 0 Å². The lowest BCUT2D eigenvalue weighted by Gasteiger charge is -2.26. The summed E-state index contributed by atoms with van der Waals surface area (Å²) >= 11 is 1.17. The lowest BCUT2D eigenvalue weighted by molar-refractivity contribution is -0.148. The van der Waals surface area contributed by atoms with Gasteiger partial charge in [-0.05, 0) is 68.6 Å². The second-order valence-corrected chi connectivity index (χ2v) is 11.1. The molecule has 1 amide bonds. The Balaban J connectivity index is 1.39. The van der Waals surface area contributed by atoms with E-state index in [0.29, 0.717) is 25.7 Å². The number of nitrogens with zero attached hydrogens (tertiary/aromatic N) is 1. The number of carboxylic acid groups (broad SMARTS) is 1. The summed E-state index contributed by atoms with van der Waals surface area (Å²) in [5, 5.41) is 19.7. The summed E-state index contributed by atoms with van der Waals surface area (Å²) in [4.78, 5) is 25.7. The van der Waals surface area contributed by atoms with Gasteiger partial charge < -0.3 is 15.1 Å². The molecule has 3 rings (SSSR count). The van der Waals surface area contributed by atoms with Crippen molar-refractivity contribution in [2.75, 3.05) is 6.54 Å². The number of unbranched alkanes of at least 4 members (excludes halogenated alkanes) is 2. The second-order valence-electron chi connectivity index (χ2n) is 9.94. The molecule has 0 saturated carbocycles. The van der Waals surface area contributed by atoms with Crippen LogP contribution in [0.25, 0.3) is 0 Å². The Hall–Kier alpha value is -2.32. The Kier molecular flexibility index (Phi) is 10.4. The van der Waals surface area contributed by atoms with Gasteiger partial charge in [0.2, 0.25) is 0 Å². The summed E-state index contributed by atoms with van der Waals surface area (Å²) < 4.78 is 28.4. The van der Waals surface area contributed by atoms with Crippen LogP contribution in [0.2, 0.25) is 0 Å². The van der Waals surface area contributed by atoms with Crippen molar-refractivity contribution < 1.29 is 28.6 Å². The maximum atomic E-state index is 14.2. The van der Waals surface area contributed by atoms with E-state index >= 15 is 0 Å². The fourth-order valence-electron chi connectivity index (χ4n) is 4.92. The number of carbonyl (C=O) groups excluding carboxylic acids is 1. The van der Waals surface area contributed by atoms with E-state index in [2.05, 4.69) is 12.1 Å². The average Bonchev–Trinajstić information content (AvgIpc) is 3.41. The van der Waals surface area contributed by atoms with Crippen LogP contribution < -0.4 is 0 Å². The molecule has 0 bridgehead atoms. The normalized spacial score (nSPS) is 18.9. The molecule has 8 heteroatoms. The molecular weight excluding hydrogens is 484 g/mol. The summed E-state index contributed by atoms with van der Waals surface area (Å²) in [6.07, 6.45) is 5.81. The quantitative estimate of drug-likeness (QED) is 0.274. The second kappa shape index (κ2) is 13.3. The molecule has 1 aliphatic heterocycles. The summed E-state index contributed by atoms with van der Waals surface area (Å²) in [5.41, 5.74) is 1.33. The van der Waals surface area contributed by atoms with Gasteiger partial charge in [0.25, 0.3) is 5.91 Å². The minimum Gasteiger partial charge on any atom is -0.477 e. The van der Waals surface area contributed by atoms with Gasteiger partial charge in [0.1, 0.15) is 4.88 Å². The van der Waals surface area contributed by atoms with Crippen LogP contribution in [-0.2, 0) is 17.6 Å². The minimum atomic E-state index is -3.36. The van der Waals surface area contributed by atoms with Gasteiger partial charge in [-0.3, -0.25) is 4.79 Å². The first kappa shape index (κ1) is 28.3. The number of aliphatic hydroxyl groups excluding tert-OH is 1. The zero-order chi connectivity index (χ0) is 26.1. The number of aryl methyl sites for hydroxylation is 2. The fourth-order valence-corrected chi connectivity index (χ4v) is 5.81. The van der Waals surface area contributed by atoms with Crippen LogP contribution in [0.15, 0.2) is 42.5 Å². The molecule has 36 heavy (non-hydrogen) atoms. The van der Waals surface area contributed by atoms with Gasteiger partial charge in [-0.15, -0.1) is 11.3 Å². The van der Waals surface area contributed by atoms with Crippen LogP contribution in [0.4, 0.5) is 8.78 Å². The Morgan fingerprint density at radius 2 is 1.83 bits per heavy atom. The van der Waals surface area contributed by atoms with Crippen LogP contribution in [0.1, 0.15) is 78.4 Å². The average molecular weight is 522 g/mol. The molecule has 1 aliphatic rings. The van der Waals surface area contributed by atoms with E-state index in [0.717, 1.165) is 37.0 Å². The lowest BCUT2D eigenvalue weighted by Crippen LogP contribution is -2.37.